The van der Waals surface area contributed by atoms with Crippen molar-refractivity contribution in [1.29, 1.82) is 0 Å². The Labute approximate surface area is 150 Å². The van der Waals surface area contributed by atoms with E-state index in [1.165, 1.54) is 24.3 Å². The molecule has 3 rings (SSSR count). The number of rotatable bonds is 5. The highest BCUT2D eigenvalue weighted by atomic mass is 32.2. The van der Waals surface area contributed by atoms with E-state index in [4.69, 9.17) is 4.74 Å². The first-order valence-electron chi connectivity index (χ1n) is 7.84. The molecule has 0 saturated carbocycles. The Kier molecular flexibility index (Phi) is 4.70. The Morgan fingerprint density at radius 3 is 2.31 bits per heavy atom. The second kappa shape index (κ2) is 6.68. The van der Waals surface area contributed by atoms with Gasteiger partial charge in [-0.3, -0.25) is 4.79 Å². The van der Waals surface area contributed by atoms with Crippen molar-refractivity contribution < 1.29 is 26.7 Å². The van der Waals surface area contributed by atoms with E-state index in [0.717, 1.165) is 11.2 Å². The highest BCUT2D eigenvalue weighted by Crippen LogP contribution is 2.46. The Morgan fingerprint density at radius 2 is 1.77 bits per heavy atom. The minimum atomic E-state index is -3.32. The number of amides is 1. The summed E-state index contributed by atoms with van der Waals surface area (Å²) >= 11 is 0. The van der Waals surface area contributed by atoms with E-state index >= 15 is 0 Å². The van der Waals surface area contributed by atoms with Crippen molar-refractivity contribution in [2.24, 2.45) is 0 Å². The molecule has 5 nitrogen and oxygen atoms in total. The molecule has 1 fully saturated rings. The van der Waals surface area contributed by atoms with E-state index in [1.54, 1.807) is 30.3 Å². The second-order valence-corrected chi connectivity index (χ2v) is 8.14. The molecular formula is C18H17F2NO4S. The topological polar surface area (TPSA) is 63.7 Å². The number of halogens is 2. The number of ether oxygens (including phenoxy) is 1. The smallest absolute Gasteiger partial charge is 0.289 e. The number of sulfone groups is 1. The van der Waals surface area contributed by atoms with Crippen LogP contribution in [0.2, 0.25) is 0 Å². The zero-order valence-corrected chi connectivity index (χ0v) is 14.7. The van der Waals surface area contributed by atoms with E-state index in [9.17, 15) is 22.0 Å². The molecule has 0 bridgehead atoms. The van der Waals surface area contributed by atoms with Crippen LogP contribution in [0, 0.1) is 0 Å². The summed E-state index contributed by atoms with van der Waals surface area (Å²) in [6.07, 6.45) is 1.08. The third-order valence-corrected chi connectivity index (χ3v) is 5.27. The van der Waals surface area contributed by atoms with Gasteiger partial charge in [-0.2, -0.15) is 0 Å². The molecule has 2 aromatic carbocycles. The lowest BCUT2D eigenvalue weighted by atomic mass is 9.90. The Balaban J connectivity index is 1.65. The van der Waals surface area contributed by atoms with Crippen molar-refractivity contribution >= 4 is 15.7 Å². The number of carbonyl (C=O) groups is 1. The van der Waals surface area contributed by atoms with Gasteiger partial charge < -0.3 is 9.64 Å². The van der Waals surface area contributed by atoms with Crippen LogP contribution >= 0.6 is 0 Å². The van der Waals surface area contributed by atoms with Crippen LogP contribution in [0.25, 0.3) is 0 Å². The maximum Gasteiger partial charge on any atom is 0.289 e. The number of carbonyl (C=O) groups excluding carboxylic acids is 1. The van der Waals surface area contributed by atoms with Crippen molar-refractivity contribution in [2.75, 3.05) is 19.4 Å². The van der Waals surface area contributed by atoms with E-state index < -0.39 is 40.9 Å². The molecule has 1 saturated heterocycles. The molecule has 1 atom stereocenters. The molecular weight excluding hydrogens is 364 g/mol. The molecule has 2 aromatic rings. The number of nitrogens with zero attached hydrogens (tertiary/aromatic N) is 1. The predicted octanol–water partition coefficient (Wildman–Crippen LogP) is 2.69. The number of likely N-dealkylation sites (tertiary alicyclic amines) is 1. The third kappa shape index (κ3) is 3.70. The fourth-order valence-electron chi connectivity index (χ4n) is 2.82. The molecule has 1 aliphatic heterocycles. The van der Waals surface area contributed by atoms with Gasteiger partial charge in [0.2, 0.25) is 0 Å². The molecule has 1 aliphatic rings. The highest BCUT2D eigenvalue weighted by Gasteiger charge is 2.57. The van der Waals surface area contributed by atoms with E-state index in [1.807, 2.05) is 0 Å². The van der Waals surface area contributed by atoms with Crippen LogP contribution < -0.4 is 4.74 Å². The van der Waals surface area contributed by atoms with Crippen molar-refractivity contribution in [2.45, 2.75) is 16.9 Å². The lowest BCUT2D eigenvalue weighted by molar-refractivity contribution is -0.198. The Bertz CT molecular complexity index is 899. The van der Waals surface area contributed by atoms with Crippen molar-refractivity contribution in [3.63, 3.8) is 0 Å². The maximum absolute atomic E-state index is 13.9. The van der Waals surface area contributed by atoms with Gasteiger partial charge in [-0.05, 0) is 29.8 Å². The van der Waals surface area contributed by atoms with Crippen molar-refractivity contribution in [3.05, 3.63) is 60.2 Å². The maximum atomic E-state index is 13.9. The summed E-state index contributed by atoms with van der Waals surface area (Å²) in [5.74, 6) is -3.25. The predicted molar refractivity (Wildman–Crippen MR) is 90.9 cm³/mol. The average Bonchev–Trinajstić information content (AvgIpc) is 2.58. The number of hydrogen-bond donors (Lipinski definition) is 0. The first-order chi connectivity index (χ1) is 12.2. The molecule has 138 valence electrons. The molecule has 0 aromatic heterocycles. The van der Waals surface area contributed by atoms with Gasteiger partial charge in [-0.25, -0.2) is 17.2 Å². The molecule has 1 amide bonds. The van der Waals surface area contributed by atoms with Crippen molar-refractivity contribution in [3.8, 4) is 5.75 Å². The highest BCUT2D eigenvalue weighted by molar-refractivity contribution is 7.90. The SMILES string of the molecule is CS(=O)(=O)c1ccc(OCC(=O)N2CC(F)(F)C2c2ccccc2)cc1. The molecule has 0 radical (unpaired) electrons. The van der Waals surface area contributed by atoms with Gasteiger partial charge in [0.25, 0.3) is 11.8 Å². The van der Waals surface area contributed by atoms with Gasteiger partial charge in [-0.15, -0.1) is 0 Å². The Hall–Kier alpha value is -2.48. The van der Waals surface area contributed by atoms with E-state index in [0.29, 0.717) is 5.56 Å². The molecule has 1 heterocycles. The normalized spacial score (nSPS) is 18.9. The van der Waals surface area contributed by atoms with Gasteiger partial charge in [-0.1, -0.05) is 30.3 Å². The van der Waals surface area contributed by atoms with Crippen LogP contribution in [0.1, 0.15) is 11.6 Å². The largest absolute Gasteiger partial charge is 0.484 e. The molecule has 1 unspecified atom stereocenters. The van der Waals surface area contributed by atoms with Crippen LogP contribution in [-0.4, -0.2) is 44.6 Å². The first-order valence-corrected chi connectivity index (χ1v) is 9.73. The second-order valence-electron chi connectivity index (χ2n) is 6.13. The summed E-state index contributed by atoms with van der Waals surface area (Å²) in [5, 5.41) is 0. The fraction of sp³-hybridized carbons (Fsp3) is 0.278. The summed E-state index contributed by atoms with van der Waals surface area (Å²) in [5.41, 5.74) is 0.370. The van der Waals surface area contributed by atoms with Crippen LogP contribution in [0.4, 0.5) is 8.78 Å². The van der Waals surface area contributed by atoms with Crippen molar-refractivity contribution in [1.82, 2.24) is 4.90 Å². The minimum absolute atomic E-state index is 0.128. The monoisotopic (exact) mass is 381 g/mol. The number of alkyl halides is 2. The van der Waals surface area contributed by atoms with Gasteiger partial charge >= 0.3 is 0 Å². The van der Waals surface area contributed by atoms with Gasteiger partial charge in [0, 0.05) is 6.26 Å². The zero-order chi connectivity index (χ0) is 18.9. The average molecular weight is 381 g/mol. The third-order valence-electron chi connectivity index (χ3n) is 4.14. The summed E-state index contributed by atoms with van der Waals surface area (Å²) in [6.45, 7) is -1.06. The number of hydrogen-bond acceptors (Lipinski definition) is 4. The quantitative estimate of drug-likeness (QED) is 0.799. The Morgan fingerprint density at radius 1 is 1.15 bits per heavy atom. The fourth-order valence-corrected chi connectivity index (χ4v) is 3.45. The lowest BCUT2D eigenvalue weighted by Gasteiger charge is -2.47. The molecule has 8 heteroatoms. The summed E-state index contributed by atoms with van der Waals surface area (Å²) in [6, 6.07) is 12.4. The molecule has 26 heavy (non-hydrogen) atoms. The standard InChI is InChI=1S/C18H17F2NO4S/c1-26(23,24)15-9-7-14(8-10-15)25-11-16(22)21-12-18(19,20)17(21)13-5-3-2-4-6-13/h2-10,17H,11-12H2,1H3. The summed E-state index contributed by atoms with van der Waals surface area (Å²) in [7, 11) is -3.32. The van der Waals surface area contributed by atoms with Crippen LogP contribution in [-0.2, 0) is 14.6 Å². The summed E-state index contributed by atoms with van der Waals surface area (Å²) < 4.78 is 56.0. The molecule has 0 aliphatic carbocycles. The van der Waals surface area contributed by atoms with Crippen LogP contribution in [0.5, 0.6) is 5.75 Å². The summed E-state index contributed by atoms with van der Waals surface area (Å²) in [4.78, 5) is 13.5. The first kappa shape index (κ1) is 18.3. The molecule has 0 spiro atoms. The van der Waals surface area contributed by atoms with E-state index in [-0.39, 0.29) is 10.6 Å². The molecule has 0 N–H and O–H groups in total. The lowest BCUT2D eigenvalue weighted by Crippen LogP contribution is -2.61. The van der Waals surface area contributed by atoms with Gasteiger partial charge in [0.05, 0.1) is 11.4 Å². The van der Waals surface area contributed by atoms with Crippen LogP contribution in [0.15, 0.2) is 59.5 Å². The number of benzene rings is 2. The van der Waals surface area contributed by atoms with Gasteiger partial charge in [0.1, 0.15) is 11.8 Å². The zero-order valence-electron chi connectivity index (χ0n) is 13.9. The van der Waals surface area contributed by atoms with Gasteiger partial charge in [0.15, 0.2) is 16.4 Å². The van der Waals surface area contributed by atoms with E-state index in [2.05, 4.69) is 0 Å². The van der Waals surface area contributed by atoms with Crippen LogP contribution in [0.3, 0.4) is 0 Å². The minimum Gasteiger partial charge on any atom is -0.484 e.